The number of benzene rings is 1. The van der Waals surface area contributed by atoms with Crippen LogP contribution in [0.1, 0.15) is 65.7 Å². The van der Waals surface area contributed by atoms with Crippen LogP contribution in [0, 0.1) is 17.6 Å². The Kier molecular flexibility index (Phi) is 10.0. The molecule has 30 heavy (non-hydrogen) atoms. The highest BCUT2D eigenvalue weighted by molar-refractivity contribution is 7.66. The van der Waals surface area contributed by atoms with E-state index in [1.807, 2.05) is 0 Å². The average molecular weight is 465 g/mol. The largest absolute Gasteiger partial charge is 0.424 e. The molecule has 2 unspecified atom stereocenters. The molecule has 0 aromatic heterocycles. The van der Waals surface area contributed by atoms with Crippen LogP contribution in [0.5, 0.6) is 0 Å². The van der Waals surface area contributed by atoms with Gasteiger partial charge in [0.05, 0.1) is 6.16 Å². The van der Waals surface area contributed by atoms with E-state index in [9.17, 15) is 26.3 Å². The van der Waals surface area contributed by atoms with Crippen molar-refractivity contribution < 1.29 is 35.1 Å². The summed E-state index contributed by atoms with van der Waals surface area (Å²) < 4.78 is 116. The van der Waals surface area contributed by atoms with E-state index >= 15 is 8.78 Å². The summed E-state index contributed by atoms with van der Waals surface area (Å²) in [6.45, 7) is 5.06. The van der Waals surface area contributed by atoms with Crippen LogP contribution in [0.2, 0.25) is 0 Å². The monoisotopic (exact) mass is 465 g/mol. The van der Waals surface area contributed by atoms with Crippen LogP contribution in [0.4, 0.5) is 35.1 Å². The third-order valence-corrected chi connectivity index (χ3v) is 8.40. The Hall–Kier alpha value is -0.910. The molecule has 9 heteroatoms. The molecule has 2 atom stereocenters. The van der Waals surface area contributed by atoms with E-state index in [2.05, 4.69) is 0 Å². The number of hydrogen-bond acceptors (Lipinski definition) is 0. The lowest BCUT2D eigenvalue weighted by molar-refractivity contribution is -0.280. The van der Waals surface area contributed by atoms with Crippen LogP contribution in [0.3, 0.4) is 0 Å². The Morgan fingerprint density at radius 3 is 2.10 bits per heavy atom. The zero-order valence-electron chi connectivity index (χ0n) is 17.5. The molecule has 0 aliphatic rings. The second kappa shape index (κ2) is 11.1. The van der Waals surface area contributed by atoms with E-state index in [1.165, 1.54) is 6.92 Å². The molecule has 0 saturated heterocycles. The van der Waals surface area contributed by atoms with Crippen LogP contribution in [0.15, 0.2) is 18.2 Å². The highest BCUT2D eigenvalue weighted by atomic mass is 31.1. The van der Waals surface area contributed by atoms with Gasteiger partial charge in [-0.1, -0.05) is 52.5 Å². The van der Waals surface area contributed by atoms with E-state index in [0.717, 1.165) is 12.1 Å². The van der Waals surface area contributed by atoms with Gasteiger partial charge in [0.2, 0.25) is 5.82 Å². The van der Waals surface area contributed by atoms with Crippen LogP contribution < -0.4 is 5.30 Å². The molecule has 0 aliphatic carbocycles. The molecule has 0 amide bonds. The summed E-state index contributed by atoms with van der Waals surface area (Å²) in [6.07, 6.45) is 0.0498. The first-order chi connectivity index (χ1) is 13.8. The van der Waals surface area contributed by atoms with Gasteiger partial charge in [-0.25, -0.2) is 4.39 Å². The summed E-state index contributed by atoms with van der Waals surface area (Å²) in [7, 11) is -3.92. The number of alkyl halides is 6. The predicted molar refractivity (Wildman–Crippen MR) is 107 cm³/mol. The lowest BCUT2D eigenvalue weighted by atomic mass is 10.0. The van der Waals surface area contributed by atoms with E-state index in [-0.39, 0.29) is 12.8 Å². The van der Waals surface area contributed by atoms with E-state index in [1.54, 1.807) is 13.8 Å². The third kappa shape index (κ3) is 6.08. The van der Waals surface area contributed by atoms with Crippen molar-refractivity contribution in [2.75, 3.05) is 6.16 Å². The van der Waals surface area contributed by atoms with Gasteiger partial charge in [-0.05, 0) is 30.9 Å². The second-order valence-electron chi connectivity index (χ2n) is 7.84. The molecule has 1 aromatic carbocycles. The van der Waals surface area contributed by atoms with Crippen LogP contribution in [-0.2, 0) is 0 Å². The first kappa shape index (κ1) is 27.1. The fraction of sp³-hybridized carbons (Fsp3) is 0.714. The third-order valence-electron chi connectivity index (χ3n) is 5.19. The first-order valence-electron chi connectivity index (χ1n) is 10.3. The first-order valence-corrected chi connectivity index (χ1v) is 12.0. The van der Waals surface area contributed by atoms with Crippen molar-refractivity contribution in [3.63, 3.8) is 0 Å². The molecule has 0 saturated carbocycles. The van der Waals surface area contributed by atoms with Crippen LogP contribution in [-0.4, -0.2) is 23.7 Å². The molecule has 0 nitrogen and oxygen atoms in total. The Morgan fingerprint density at radius 2 is 1.53 bits per heavy atom. The molecule has 1 aromatic rings. The molecule has 174 valence electrons. The predicted octanol–water partition coefficient (Wildman–Crippen LogP) is 8.07. The molecule has 0 aliphatic heterocycles. The maximum Gasteiger partial charge on any atom is 0.424 e. The summed E-state index contributed by atoms with van der Waals surface area (Å²) in [5.74, 6) is -14.3. The fourth-order valence-corrected chi connectivity index (χ4v) is 6.40. The smallest absolute Gasteiger partial charge is 0.204 e. The van der Waals surface area contributed by atoms with Gasteiger partial charge in [0, 0.05) is 6.42 Å². The summed E-state index contributed by atoms with van der Waals surface area (Å²) in [4.78, 5) is 0. The fourth-order valence-electron chi connectivity index (χ4n) is 3.44. The maximum atomic E-state index is 15.1. The molecule has 0 spiro atoms. The molecule has 1 rings (SSSR count). The topological polar surface area (TPSA) is 0 Å². The van der Waals surface area contributed by atoms with Gasteiger partial charge in [-0.3, -0.25) is 0 Å². The summed E-state index contributed by atoms with van der Waals surface area (Å²) in [6, 6.07) is 2.40. The highest BCUT2D eigenvalue weighted by Gasteiger charge is 2.78. The quantitative estimate of drug-likeness (QED) is 0.157. The van der Waals surface area contributed by atoms with Gasteiger partial charge < -0.3 is 0 Å². The summed E-state index contributed by atoms with van der Waals surface area (Å²) in [5.41, 5.74) is -5.18. The molecule has 0 fully saturated rings. The van der Waals surface area contributed by atoms with Gasteiger partial charge in [0.1, 0.15) is 13.2 Å². The lowest BCUT2D eigenvalue weighted by Crippen LogP contribution is -2.54. The molecule has 0 heterocycles. The number of unbranched alkanes of at least 4 members (excludes halogenated alkanes) is 3. The Morgan fingerprint density at radius 1 is 0.900 bits per heavy atom. The van der Waals surface area contributed by atoms with E-state index < -0.39 is 60.9 Å². The second-order valence-corrected chi connectivity index (χ2v) is 10.4. The van der Waals surface area contributed by atoms with Crippen LogP contribution >= 0.6 is 7.92 Å². The SMILES string of the molecule is CCCCCCC(F)(F)C(F)(F)C(F)(F)[PH+](CC(C)CCC)c1cccc(F)c1F. The van der Waals surface area contributed by atoms with Gasteiger partial charge >= 0.3 is 17.5 Å². The zero-order valence-corrected chi connectivity index (χ0v) is 18.5. The normalized spacial score (nSPS) is 15.3. The number of hydrogen-bond donors (Lipinski definition) is 0. The number of rotatable bonds is 13. The Labute approximate surface area is 174 Å². The van der Waals surface area contributed by atoms with Crippen molar-refractivity contribution in [2.45, 2.75) is 83.2 Å². The molecule has 0 bridgehead atoms. The minimum absolute atomic E-state index is 0.220. The number of halogens is 8. The van der Waals surface area contributed by atoms with Crippen molar-refractivity contribution in [3.05, 3.63) is 29.8 Å². The van der Waals surface area contributed by atoms with Crippen molar-refractivity contribution in [1.29, 1.82) is 0 Å². The van der Waals surface area contributed by atoms with Crippen LogP contribution in [0.25, 0.3) is 0 Å². The minimum atomic E-state index is -5.68. The minimum Gasteiger partial charge on any atom is -0.204 e. The summed E-state index contributed by atoms with van der Waals surface area (Å²) >= 11 is 0. The van der Waals surface area contributed by atoms with Gasteiger partial charge in [-0.15, -0.1) is 0 Å². The Balaban J connectivity index is 3.35. The molecular formula is C21H30F8P+. The van der Waals surface area contributed by atoms with Gasteiger partial charge in [0.25, 0.3) is 0 Å². The summed E-state index contributed by atoms with van der Waals surface area (Å²) in [5, 5.41) is -0.908. The molecule has 0 radical (unpaired) electrons. The van der Waals surface area contributed by atoms with Crippen molar-refractivity contribution in [3.8, 4) is 0 Å². The molecule has 0 N–H and O–H groups in total. The van der Waals surface area contributed by atoms with Crippen molar-refractivity contribution >= 4 is 13.2 Å². The molecular weight excluding hydrogens is 435 g/mol. The standard InChI is InChI=1S/C21H29F8P/c1-4-6-7-8-13-19(24,25)20(26,27)21(28,29)30(14-15(3)10-5-2)17-12-9-11-16(22)18(17)23/h9,11-12,15H,4-8,10,13-14H2,1-3H3/p+1. The van der Waals surface area contributed by atoms with Crippen molar-refractivity contribution in [1.82, 2.24) is 0 Å². The average Bonchev–Trinajstić information content (AvgIpc) is 2.65. The van der Waals surface area contributed by atoms with Gasteiger partial charge in [-0.2, -0.15) is 30.7 Å². The van der Waals surface area contributed by atoms with E-state index in [0.29, 0.717) is 31.7 Å². The zero-order chi connectivity index (χ0) is 23.2. The van der Waals surface area contributed by atoms with Crippen molar-refractivity contribution in [2.24, 2.45) is 5.92 Å². The van der Waals surface area contributed by atoms with Gasteiger partial charge in [0.15, 0.2) is 5.82 Å². The lowest BCUT2D eigenvalue weighted by Gasteiger charge is -2.34. The maximum absolute atomic E-state index is 15.1. The highest BCUT2D eigenvalue weighted by Crippen LogP contribution is 2.64. The van der Waals surface area contributed by atoms with E-state index in [4.69, 9.17) is 0 Å². The Bertz CT molecular complexity index is 662.